The second kappa shape index (κ2) is 4.51. The van der Waals surface area contributed by atoms with Gasteiger partial charge in [0.1, 0.15) is 11.9 Å². The van der Waals surface area contributed by atoms with Crippen molar-refractivity contribution in [1.29, 1.82) is 0 Å². The molecule has 0 fully saturated rings. The quantitative estimate of drug-likeness (QED) is 0.668. The Morgan fingerprint density at radius 2 is 2.40 bits per heavy atom. The third-order valence-corrected chi connectivity index (χ3v) is 2.51. The maximum atomic E-state index is 8.70. The monoisotopic (exact) mass is 208 g/mol. The fourth-order valence-corrected chi connectivity index (χ4v) is 1.76. The molecule has 0 bridgehead atoms. The fourth-order valence-electron chi connectivity index (χ4n) is 1.76. The molecular weight excluding hydrogens is 192 g/mol. The summed E-state index contributed by atoms with van der Waals surface area (Å²) in [7, 11) is 0. The molecule has 82 valence electrons. The third-order valence-electron chi connectivity index (χ3n) is 2.51. The average Bonchev–Trinajstić information content (AvgIpc) is 2.68. The third kappa shape index (κ3) is 2.22. The maximum Gasteiger partial charge on any atom is 0.123 e. The molecule has 0 amide bonds. The van der Waals surface area contributed by atoms with E-state index in [2.05, 4.69) is 11.4 Å². The molecule has 1 atom stereocenters. The Balaban J connectivity index is 2.08. The normalized spacial score (nSPS) is 18.4. The van der Waals surface area contributed by atoms with Crippen LogP contribution in [0.5, 0.6) is 5.75 Å². The Hall–Kier alpha value is -1.26. The van der Waals surface area contributed by atoms with Crippen LogP contribution in [0.2, 0.25) is 0 Å². The van der Waals surface area contributed by atoms with E-state index in [1.54, 1.807) is 0 Å². The minimum absolute atomic E-state index is 0.119. The lowest BCUT2D eigenvalue weighted by molar-refractivity contribution is 0.241. The lowest BCUT2D eigenvalue weighted by Crippen LogP contribution is -2.24. The molecule has 4 nitrogen and oxygen atoms in total. The summed E-state index contributed by atoms with van der Waals surface area (Å²) in [5, 5.41) is 11.8. The first-order valence-electron chi connectivity index (χ1n) is 5.18. The summed E-state index contributed by atoms with van der Waals surface area (Å²) in [6.45, 7) is 1.26. The Bertz CT molecular complexity index is 341. The molecule has 0 radical (unpaired) electrons. The van der Waals surface area contributed by atoms with E-state index in [1.165, 1.54) is 5.56 Å². The molecule has 1 unspecified atom stereocenters. The molecule has 4 heteroatoms. The Labute approximate surface area is 89.0 Å². The highest BCUT2D eigenvalue weighted by atomic mass is 16.5. The molecule has 1 aromatic rings. The predicted molar refractivity (Wildman–Crippen MR) is 59.2 cm³/mol. The Morgan fingerprint density at radius 3 is 3.13 bits per heavy atom. The molecule has 0 saturated carbocycles. The van der Waals surface area contributed by atoms with Crippen molar-refractivity contribution < 1.29 is 9.84 Å². The number of hydrogen-bond donors (Lipinski definition) is 3. The van der Waals surface area contributed by atoms with Gasteiger partial charge in [-0.1, -0.05) is 0 Å². The van der Waals surface area contributed by atoms with Crippen molar-refractivity contribution in [3.8, 4) is 5.75 Å². The summed E-state index contributed by atoms with van der Waals surface area (Å²) in [5.74, 6) is 0.931. The molecule has 15 heavy (non-hydrogen) atoms. The minimum atomic E-state index is 0.119. The zero-order valence-corrected chi connectivity index (χ0v) is 8.57. The Kier molecular flexibility index (Phi) is 3.08. The second-order valence-electron chi connectivity index (χ2n) is 3.65. The maximum absolute atomic E-state index is 8.70. The number of aliphatic hydroxyl groups excluding tert-OH is 1. The van der Waals surface area contributed by atoms with Crippen LogP contribution >= 0.6 is 0 Å². The number of benzene rings is 1. The number of ether oxygens (including phenoxy) is 1. The zero-order valence-electron chi connectivity index (χ0n) is 8.57. The number of anilines is 1. The topological polar surface area (TPSA) is 67.5 Å². The van der Waals surface area contributed by atoms with Gasteiger partial charge in [-0.15, -0.1) is 0 Å². The van der Waals surface area contributed by atoms with E-state index >= 15 is 0 Å². The fraction of sp³-hybridized carbons (Fsp3) is 0.455. The predicted octanol–water partition coefficient (Wildman–Crippen LogP) is 0.353. The van der Waals surface area contributed by atoms with Crippen molar-refractivity contribution in [3.63, 3.8) is 0 Å². The summed E-state index contributed by atoms with van der Waals surface area (Å²) in [4.78, 5) is 0. The number of aliphatic hydroxyl groups is 1. The second-order valence-corrected chi connectivity index (χ2v) is 3.65. The van der Waals surface area contributed by atoms with E-state index in [1.807, 2.05) is 12.1 Å². The number of nitrogens with two attached hydrogens (primary N) is 1. The number of nitrogens with one attached hydrogen (secondary N) is 1. The smallest absolute Gasteiger partial charge is 0.123 e. The summed E-state index contributed by atoms with van der Waals surface area (Å²) in [6, 6.07) is 5.96. The van der Waals surface area contributed by atoms with E-state index in [4.69, 9.17) is 15.6 Å². The highest BCUT2D eigenvalue weighted by molar-refractivity contribution is 5.52. The highest BCUT2D eigenvalue weighted by Crippen LogP contribution is 2.30. The molecule has 0 spiro atoms. The average molecular weight is 208 g/mol. The van der Waals surface area contributed by atoms with Gasteiger partial charge in [0.15, 0.2) is 0 Å². The lowest BCUT2D eigenvalue weighted by atomic mass is 10.1. The van der Waals surface area contributed by atoms with Crippen molar-refractivity contribution in [2.75, 3.05) is 25.0 Å². The lowest BCUT2D eigenvalue weighted by Gasteiger charge is -2.06. The van der Waals surface area contributed by atoms with Crippen LogP contribution in [0.15, 0.2) is 18.2 Å². The van der Waals surface area contributed by atoms with Gasteiger partial charge in [-0.2, -0.15) is 0 Å². The molecule has 0 saturated heterocycles. The molecule has 1 aromatic carbocycles. The van der Waals surface area contributed by atoms with Gasteiger partial charge < -0.3 is 20.9 Å². The van der Waals surface area contributed by atoms with Crippen LogP contribution in [0, 0.1) is 0 Å². The SMILES string of the molecule is NCC1Cc2cc(NCCO)ccc2O1. The van der Waals surface area contributed by atoms with Crippen molar-refractivity contribution in [1.82, 2.24) is 0 Å². The molecular formula is C11H16N2O2. The molecule has 1 aliphatic rings. The summed E-state index contributed by atoms with van der Waals surface area (Å²) < 4.78 is 5.61. The minimum Gasteiger partial charge on any atom is -0.488 e. The molecule has 1 heterocycles. The van der Waals surface area contributed by atoms with Crippen molar-refractivity contribution in [3.05, 3.63) is 23.8 Å². The van der Waals surface area contributed by atoms with Gasteiger partial charge in [0.25, 0.3) is 0 Å². The van der Waals surface area contributed by atoms with Gasteiger partial charge in [-0.25, -0.2) is 0 Å². The van der Waals surface area contributed by atoms with Gasteiger partial charge in [0.05, 0.1) is 6.61 Å². The van der Waals surface area contributed by atoms with Crippen LogP contribution in [-0.2, 0) is 6.42 Å². The zero-order chi connectivity index (χ0) is 10.7. The highest BCUT2D eigenvalue weighted by Gasteiger charge is 2.21. The number of fused-ring (bicyclic) bond motifs is 1. The van der Waals surface area contributed by atoms with E-state index in [0.29, 0.717) is 13.1 Å². The molecule has 2 rings (SSSR count). The van der Waals surface area contributed by atoms with Crippen LogP contribution in [0.25, 0.3) is 0 Å². The first-order valence-corrected chi connectivity index (χ1v) is 5.18. The summed E-state index contributed by atoms with van der Waals surface area (Å²) in [6.07, 6.45) is 0.994. The van der Waals surface area contributed by atoms with Crippen LogP contribution in [0.1, 0.15) is 5.56 Å². The van der Waals surface area contributed by atoms with Crippen molar-refractivity contribution in [2.45, 2.75) is 12.5 Å². The van der Waals surface area contributed by atoms with Crippen molar-refractivity contribution >= 4 is 5.69 Å². The van der Waals surface area contributed by atoms with E-state index in [0.717, 1.165) is 17.9 Å². The van der Waals surface area contributed by atoms with Gasteiger partial charge in [0.2, 0.25) is 0 Å². The molecule has 0 aliphatic carbocycles. The van der Waals surface area contributed by atoms with Crippen molar-refractivity contribution in [2.24, 2.45) is 5.73 Å². The summed E-state index contributed by atoms with van der Waals surface area (Å²) in [5.41, 5.74) is 7.76. The number of hydrogen-bond acceptors (Lipinski definition) is 4. The van der Waals surface area contributed by atoms with E-state index in [9.17, 15) is 0 Å². The molecule has 1 aliphatic heterocycles. The standard InChI is InChI=1S/C11H16N2O2/c12-7-10-6-8-5-9(13-3-4-14)1-2-11(8)15-10/h1-2,5,10,13-14H,3-4,6-7,12H2. The largest absolute Gasteiger partial charge is 0.488 e. The van der Waals surface area contributed by atoms with Crippen LogP contribution in [-0.4, -0.2) is 30.9 Å². The van der Waals surface area contributed by atoms with Gasteiger partial charge >= 0.3 is 0 Å². The van der Waals surface area contributed by atoms with E-state index in [-0.39, 0.29) is 12.7 Å². The van der Waals surface area contributed by atoms with Crippen LogP contribution in [0.4, 0.5) is 5.69 Å². The first-order chi connectivity index (χ1) is 7.33. The molecule has 0 aromatic heterocycles. The van der Waals surface area contributed by atoms with Crippen LogP contribution < -0.4 is 15.8 Å². The van der Waals surface area contributed by atoms with Gasteiger partial charge in [-0.05, 0) is 23.8 Å². The van der Waals surface area contributed by atoms with Gasteiger partial charge in [-0.3, -0.25) is 0 Å². The first kappa shape index (κ1) is 10.3. The molecule has 4 N–H and O–H groups in total. The Morgan fingerprint density at radius 1 is 1.53 bits per heavy atom. The van der Waals surface area contributed by atoms with E-state index < -0.39 is 0 Å². The number of rotatable bonds is 4. The van der Waals surface area contributed by atoms with Crippen LogP contribution in [0.3, 0.4) is 0 Å². The summed E-state index contributed by atoms with van der Waals surface area (Å²) >= 11 is 0. The van der Waals surface area contributed by atoms with Gasteiger partial charge in [0, 0.05) is 25.2 Å².